The first-order chi connectivity index (χ1) is 10.5. The third kappa shape index (κ3) is 5.02. The van der Waals surface area contributed by atoms with Crippen molar-refractivity contribution in [1.82, 2.24) is 5.43 Å². The molecule has 2 rings (SSSR count). The molecule has 2 aromatic rings. The van der Waals surface area contributed by atoms with Gasteiger partial charge < -0.3 is 5.32 Å². The molecule has 0 saturated heterocycles. The van der Waals surface area contributed by atoms with Crippen LogP contribution in [0.4, 0.5) is 10.1 Å². The Hall–Kier alpha value is -2.11. The summed E-state index contributed by atoms with van der Waals surface area (Å²) in [4.78, 5) is 11.6. The Morgan fingerprint density at radius 3 is 2.59 bits per heavy atom. The van der Waals surface area contributed by atoms with Crippen LogP contribution in [-0.4, -0.2) is 18.7 Å². The number of hydrogen-bond acceptors (Lipinski definition) is 3. The number of nitrogens with zero attached hydrogens (tertiary/aromatic N) is 1. The maximum absolute atomic E-state index is 12.7. The van der Waals surface area contributed by atoms with E-state index in [1.165, 1.54) is 18.3 Å². The predicted octanol–water partition coefficient (Wildman–Crippen LogP) is 3.69. The van der Waals surface area contributed by atoms with E-state index in [1.807, 2.05) is 0 Å². The number of nitrogens with one attached hydrogen (secondary N) is 2. The number of carbonyl (C=O) groups is 1. The van der Waals surface area contributed by atoms with E-state index >= 15 is 0 Å². The molecule has 0 unspecified atom stereocenters. The standard InChI is InChI=1S/C15H12Cl2FN3O/c16-11-2-1-10(14(17)7-11)8-20-21-15(22)9-19-13-5-3-12(18)4-6-13/h1-8,19H,9H2,(H,21,22)/b20-8-. The van der Waals surface area contributed by atoms with Crippen molar-refractivity contribution in [2.75, 3.05) is 11.9 Å². The first kappa shape index (κ1) is 16.3. The summed E-state index contributed by atoms with van der Waals surface area (Å²) in [6.07, 6.45) is 1.43. The summed E-state index contributed by atoms with van der Waals surface area (Å²) < 4.78 is 12.7. The highest BCUT2D eigenvalue weighted by atomic mass is 35.5. The lowest BCUT2D eigenvalue weighted by molar-refractivity contribution is -0.119. The molecular weight excluding hydrogens is 328 g/mol. The van der Waals surface area contributed by atoms with Gasteiger partial charge in [-0.3, -0.25) is 4.79 Å². The summed E-state index contributed by atoms with van der Waals surface area (Å²) in [7, 11) is 0. The highest BCUT2D eigenvalue weighted by molar-refractivity contribution is 6.36. The molecule has 0 radical (unpaired) electrons. The summed E-state index contributed by atoms with van der Waals surface area (Å²) in [5.74, 6) is -0.676. The molecule has 4 nitrogen and oxygen atoms in total. The highest BCUT2D eigenvalue weighted by Gasteiger charge is 2.01. The Morgan fingerprint density at radius 1 is 1.18 bits per heavy atom. The molecule has 2 aromatic carbocycles. The summed E-state index contributed by atoms with van der Waals surface area (Å²) >= 11 is 11.7. The smallest absolute Gasteiger partial charge is 0.259 e. The van der Waals surface area contributed by atoms with Crippen molar-refractivity contribution in [2.24, 2.45) is 5.10 Å². The zero-order valence-electron chi connectivity index (χ0n) is 11.3. The molecule has 2 N–H and O–H groups in total. The normalized spacial score (nSPS) is 10.7. The molecule has 0 aliphatic heterocycles. The minimum atomic E-state index is -0.342. The van der Waals surface area contributed by atoms with Crippen LogP contribution in [0.25, 0.3) is 0 Å². The van der Waals surface area contributed by atoms with Crippen molar-refractivity contribution in [3.8, 4) is 0 Å². The van der Waals surface area contributed by atoms with E-state index in [4.69, 9.17) is 23.2 Å². The van der Waals surface area contributed by atoms with Crippen LogP contribution in [0.5, 0.6) is 0 Å². The number of carbonyl (C=O) groups excluding carboxylic acids is 1. The number of halogens is 3. The zero-order valence-corrected chi connectivity index (χ0v) is 12.8. The van der Waals surface area contributed by atoms with E-state index in [0.717, 1.165) is 0 Å². The van der Waals surface area contributed by atoms with Gasteiger partial charge in [-0.25, -0.2) is 9.82 Å². The van der Waals surface area contributed by atoms with Gasteiger partial charge in [0.1, 0.15) is 5.82 Å². The monoisotopic (exact) mass is 339 g/mol. The van der Waals surface area contributed by atoms with Crippen molar-refractivity contribution in [3.63, 3.8) is 0 Å². The molecule has 0 bridgehead atoms. The molecule has 0 aliphatic rings. The van der Waals surface area contributed by atoms with Crippen LogP contribution in [-0.2, 0) is 4.79 Å². The zero-order chi connectivity index (χ0) is 15.9. The summed E-state index contributed by atoms with van der Waals surface area (Å²) in [5.41, 5.74) is 3.63. The topological polar surface area (TPSA) is 53.5 Å². The van der Waals surface area contributed by atoms with Gasteiger partial charge in [0.25, 0.3) is 5.91 Å². The quantitative estimate of drug-likeness (QED) is 0.644. The first-order valence-corrected chi connectivity index (χ1v) is 7.06. The Kier molecular flexibility index (Phi) is 5.75. The lowest BCUT2D eigenvalue weighted by Crippen LogP contribution is -2.25. The molecule has 0 aliphatic carbocycles. The summed E-state index contributed by atoms with van der Waals surface area (Å²) in [5, 5.41) is 7.61. The molecule has 0 fully saturated rings. The van der Waals surface area contributed by atoms with E-state index < -0.39 is 0 Å². The van der Waals surface area contributed by atoms with Crippen molar-refractivity contribution in [2.45, 2.75) is 0 Å². The van der Waals surface area contributed by atoms with Crippen molar-refractivity contribution in [3.05, 3.63) is 63.9 Å². The fraction of sp³-hybridized carbons (Fsp3) is 0.0667. The van der Waals surface area contributed by atoms with E-state index in [2.05, 4.69) is 15.8 Å². The van der Waals surface area contributed by atoms with Crippen LogP contribution < -0.4 is 10.7 Å². The highest BCUT2D eigenvalue weighted by Crippen LogP contribution is 2.19. The molecule has 0 aromatic heterocycles. The van der Waals surface area contributed by atoms with Crippen LogP contribution in [0, 0.1) is 5.82 Å². The van der Waals surface area contributed by atoms with E-state index in [-0.39, 0.29) is 18.3 Å². The Bertz CT molecular complexity index is 690. The molecule has 0 spiro atoms. The number of amides is 1. The summed E-state index contributed by atoms with van der Waals surface area (Å²) in [6.45, 7) is 0.0112. The second-order valence-corrected chi connectivity index (χ2v) is 5.16. The van der Waals surface area contributed by atoms with Gasteiger partial charge in [-0.15, -0.1) is 0 Å². The lowest BCUT2D eigenvalue weighted by Gasteiger charge is -2.05. The minimum Gasteiger partial charge on any atom is -0.376 e. The average Bonchev–Trinajstić information content (AvgIpc) is 2.49. The molecule has 22 heavy (non-hydrogen) atoms. The van der Waals surface area contributed by atoms with Gasteiger partial charge in [-0.1, -0.05) is 29.3 Å². The van der Waals surface area contributed by atoms with Crippen LogP contribution in [0.2, 0.25) is 10.0 Å². The van der Waals surface area contributed by atoms with Crippen molar-refractivity contribution >= 4 is 41.0 Å². The van der Waals surface area contributed by atoms with Gasteiger partial charge in [0.2, 0.25) is 0 Å². The average molecular weight is 340 g/mol. The van der Waals surface area contributed by atoms with Gasteiger partial charge in [0.15, 0.2) is 0 Å². The van der Waals surface area contributed by atoms with Crippen LogP contribution in [0.1, 0.15) is 5.56 Å². The Balaban J connectivity index is 1.82. The molecular formula is C15H12Cl2FN3O. The van der Waals surface area contributed by atoms with E-state index in [1.54, 1.807) is 30.3 Å². The molecule has 0 atom stereocenters. The molecule has 7 heteroatoms. The van der Waals surface area contributed by atoms with Crippen LogP contribution in [0.15, 0.2) is 47.6 Å². The third-order valence-corrected chi connectivity index (χ3v) is 3.22. The number of hydrogen-bond donors (Lipinski definition) is 2. The summed E-state index contributed by atoms with van der Waals surface area (Å²) in [6, 6.07) is 10.6. The molecule has 0 heterocycles. The number of rotatable bonds is 5. The number of anilines is 1. The lowest BCUT2D eigenvalue weighted by atomic mass is 10.2. The molecule has 1 amide bonds. The molecule has 114 valence electrons. The van der Waals surface area contributed by atoms with Crippen LogP contribution >= 0.6 is 23.2 Å². The fourth-order valence-corrected chi connectivity index (χ4v) is 2.03. The van der Waals surface area contributed by atoms with E-state index in [9.17, 15) is 9.18 Å². The van der Waals surface area contributed by atoms with Crippen molar-refractivity contribution in [1.29, 1.82) is 0 Å². The Morgan fingerprint density at radius 2 is 1.91 bits per heavy atom. The SMILES string of the molecule is O=C(CNc1ccc(F)cc1)N/N=C\c1ccc(Cl)cc1Cl. The first-order valence-electron chi connectivity index (χ1n) is 6.31. The second-order valence-electron chi connectivity index (χ2n) is 4.32. The minimum absolute atomic E-state index is 0.0112. The fourth-order valence-electron chi connectivity index (χ4n) is 1.57. The largest absolute Gasteiger partial charge is 0.376 e. The second kappa shape index (κ2) is 7.77. The number of benzene rings is 2. The number of hydrazone groups is 1. The third-order valence-electron chi connectivity index (χ3n) is 2.65. The Labute approximate surface area is 136 Å². The van der Waals surface area contributed by atoms with Gasteiger partial charge in [-0.05, 0) is 36.4 Å². The predicted molar refractivity (Wildman–Crippen MR) is 87.1 cm³/mol. The van der Waals surface area contributed by atoms with Gasteiger partial charge in [-0.2, -0.15) is 5.10 Å². The van der Waals surface area contributed by atoms with Crippen LogP contribution in [0.3, 0.4) is 0 Å². The van der Waals surface area contributed by atoms with Crippen molar-refractivity contribution < 1.29 is 9.18 Å². The maximum atomic E-state index is 12.7. The van der Waals surface area contributed by atoms with Gasteiger partial charge >= 0.3 is 0 Å². The molecule has 0 saturated carbocycles. The van der Waals surface area contributed by atoms with Gasteiger partial charge in [0.05, 0.1) is 17.8 Å². The maximum Gasteiger partial charge on any atom is 0.259 e. The van der Waals surface area contributed by atoms with E-state index in [0.29, 0.717) is 21.3 Å². The van der Waals surface area contributed by atoms with Gasteiger partial charge in [0, 0.05) is 16.3 Å².